The van der Waals surface area contributed by atoms with Crippen LogP contribution in [-0.2, 0) is 4.74 Å². The summed E-state index contributed by atoms with van der Waals surface area (Å²) in [6.07, 6.45) is 8.24. The second-order valence-corrected chi connectivity index (χ2v) is 3.33. The van der Waals surface area contributed by atoms with Crippen LogP contribution in [0.1, 0.15) is 12.3 Å². The maximum Gasteiger partial charge on any atom is 0.284 e. The summed E-state index contributed by atoms with van der Waals surface area (Å²) in [5.74, 6) is 0.471. The van der Waals surface area contributed by atoms with Crippen molar-refractivity contribution in [1.29, 1.82) is 0 Å². The highest BCUT2D eigenvalue weighted by molar-refractivity contribution is 7.71. The number of hydrogen-bond acceptors (Lipinski definition) is 4. The van der Waals surface area contributed by atoms with E-state index >= 15 is 0 Å². The van der Waals surface area contributed by atoms with Gasteiger partial charge in [0.2, 0.25) is 5.89 Å². The number of nitrogens with zero attached hydrogens (tertiary/aromatic N) is 1. The van der Waals surface area contributed by atoms with Crippen LogP contribution >= 0.6 is 12.2 Å². The van der Waals surface area contributed by atoms with Gasteiger partial charge in [0.25, 0.3) is 4.84 Å². The predicted molar refractivity (Wildman–Crippen MR) is 65.5 cm³/mol. The third-order valence-corrected chi connectivity index (χ3v) is 1.92. The van der Waals surface area contributed by atoms with Crippen molar-refractivity contribution in [3.8, 4) is 0 Å². The van der Waals surface area contributed by atoms with Crippen LogP contribution in [0.4, 0.5) is 0 Å². The quantitative estimate of drug-likeness (QED) is 0.470. The Morgan fingerprint density at radius 2 is 2.50 bits per heavy atom. The van der Waals surface area contributed by atoms with E-state index in [0.29, 0.717) is 12.5 Å². The van der Waals surface area contributed by atoms with Gasteiger partial charge in [0.15, 0.2) is 0 Å². The molecular formula is C11H14N2O2S. The zero-order chi connectivity index (χ0) is 11.8. The highest BCUT2D eigenvalue weighted by atomic mass is 32.1. The van der Waals surface area contributed by atoms with Crippen LogP contribution in [0.3, 0.4) is 0 Å². The highest BCUT2D eigenvalue weighted by Gasteiger charge is 2.03. The van der Waals surface area contributed by atoms with Gasteiger partial charge < -0.3 is 9.15 Å². The van der Waals surface area contributed by atoms with Gasteiger partial charge in [-0.15, -0.1) is 11.7 Å². The van der Waals surface area contributed by atoms with Crippen LogP contribution in [0.25, 0.3) is 5.57 Å². The molecule has 0 aromatic carbocycles. The molecule has 0 radical (unpaired) electrons. The second kappa shape index (κ2) is 6.92. The molecule has 0 fully saturated rings. The SMILES string of the molecule is C=CC/C=C(\C=C/COC)c1n[nH]c(=S)o1. The Morgan fingerprint density at radius 3 is 3.06 bits per heavy atom. The molecule has 0 atom stereocenters. The standard InChI is InChI=1S/C11H14N2O2S/c1-3-4-6-9(7-5-8-14-2)10-12-13-11(16)15-10/h3,5-7H,1,4,8H2,2H3,(H,13,16)/b7-5-,9-6+. The number of methoxy groups -OCH3 is 1. The van der Waals surface area contributed by atoms with Crippen LogP contribution in [0, 0.1) is 4.84 Å². The summed E-state index contributed by atoms with van der Waals surface area (Å²) in [5.41, 5.74) is 0.851. The number of hydrogen-bond donors (Lipinski definition) is 1. The first kappa shape index (κ1) is 12.6. The van der Waals surface area contributed by atoms with Gasteiger partial charge in [-0.25, -0.2) is 5.10 Å². The van der Waals surface area contributed by atoms with E-state index in [4.69, 9.17) is 21.4 Å². The van der Waals surface area contributed by atoms with Crippen molar-refractivity contribution in [2.45, 2.75) is 6.42 Å². The molecule has 1 aromatic heterocycles. The fourth-order valence-electron chi connectivity index (χ4n) is 1.06. The molecule has 1 aromatic rings. The number of aromatic nitrogens is 2. The molecule has 5 heteroatoms. The summed E-state index contributed by atoms with van der Waals surface area (Å²) in [6, 6.07) is 0. The largest absolute Gasteiger partial charge is 0.409 e. The van der Waals surface area contributed by atoms with E-state index in [1.54, 1.807) is 13.2 Å². The van der Waals surface area contributed by atoms with Gasteiger partial charge in [-0.05, 0) is 18.6 Å². The van der Waals surface area contributed by atoms with Gasteiger partial charge in [-0.1, -0.05) is 24.3 Å². The molecule has 1 N–H and O–H groups in total. The van der Waals surface area contributed by atoms with Gasteiger partial charge in [0.05, 0.1) is 6.61 Å². The van der Waals surface area contributed by atoms with Crippen LogP contribution in [0.5, 0.6) is 0 Å². The maximum atomic E-state index is 5.23. The summed E-state index contributed by atoms with van der Waals surface area (Å²) in [7, 11) is 1.64. The van der Waals surface area contributed by atoms with Crippen molar-refractivity contribution in [1.82, 2.24) is 10.2 Å². The predicted octanol–water partition coefficient (Wildman–Crippen LogP) is 2.89. The first-order valence-corrected chi connectivity index (χ1v) is 5.21. The van der Waals surface area contributed by atoms with Gasteiger partial charge in [0, 0.05) is 12.7 Å². The zero-order valence-corrected chi connectivity index (χ0v) is 9.92. The summed E-state index contributed by atoms with van der Waals surface area (Å²) in [6.45, 7) is 4.19. The first-order chi connectivity index (χ1) is 7.77. The van der Waals surface area contributed by atoms with Gasteiger partial charge in [-0.2, -0.15) is 0 Å². The van der Waals surface area contributed by atoms with Crippen molar-refractivity contribution in [3.63, 3.8) is 0 Å². The molecular weight excluding hydrogens is 224 g/mol. The Labute approximate surface area is 99.3 Å². The van der Waals surface area contributed by atoms with Crippen molar-refractivity contribution in [2.75, 3.05) is 13.7 Å². The minimum atomic E-state index is 0.264. The molecule has 86 valence electrons. The van der Waals surface area contributed by atoms with Gasteiger partial charge >= 0.3 is 0 Å². The van der Waals surface area contributed by atoms with Crippen LogP contribution in [-0.4, -0.2) is 23.9 Å². The van der Waals surface area contributed by atoms with Crippen LogP contribution < -0.4 is 0 Å². The lowest BCUT2D eigenvalue weighted by Gasteiger charge is -1.95. The Balaban J connectivity index is 2.87. The van der Waals surface area contributed by atoms with Crippen molar-refractivity contribution < 1.29 is 9.15 Å². The number of allylic oxidation sites excluding steroid dienone is 4. The molecule has 0 aliphatic carbocycles. The molecule has 0 bridgehead atoms. The number of nitrogens with one attached hydrogen (secondary N) is 1. The average molecular weight is 238 g/mol. The number of ether oxygens (including phenoxy) is 1. The Bertz CT molecular complexity index is 443. The third-order valence-electron chi connectivity index (χ3n) is 1.75. The Morgan fingerprint density at radius 1 is 1.69 bits per heavy atom. The van der Waals surface area contributed by atoms with E-state index in [1.165, 1.54) is 0 Å². The number of H-pyrrole nitrogens is 1. The lowest BCUT2D eigenvalue weighted by Crippen LogP contribution is -1.85. The first-order valence-electron chi connectivity index (χ1n) is 4.80. The van der Waals surface area contributed by atoms with Crippen LogP contribution in [0.15, 0.2) is 35.3 Å². The summed E-state index contributed by atoms with van der Waals surface area (Å²) < 4.78 is 10.2. The molecule has 0 spiro atoms. The molecule has 16 heavy (non-hydrogen) atoms. The smallest absolute Gasteiger partial charge is 0.284 e. The summed E-state index contributed by atoms with van der Waals surface area (Å²) in [5, 5.41) is 6.54. The van der Waals surface area contributed by atoms with E-state index in [1.807, 2.05) is 18.2 Å². The second-order valence-electron chi connectivity index (χ2n) is 2.96. The number of aromatic amines is 1. The molecule has 0 aliphatic rings. The molecule has 0 amide bonds. The molecule has 0 aliphatic heterocycles. The molecule has 1 heterocycles. The number of rotatable bonds is 6. The topological polar surface area (TPSA) is 51.0 Å². The van der Waals surface area contributed by atoms with Crippen molar-refractivity contribution >= 4 is 17.8 Å². The van der Waals surface area contributed by atoms with Crippen molar-refractivity contribution in [3.05, 3.63) is 41.6 Å². The summed E-state index contributed by atoms with van der Waals surface area (Å²) >= 11 is 4.82. The minimum Gasteiger partial charge on any atom is -0.409 e. The maximum absolute atomic E-state index is 5.23. The Kier molecular flexibility index (Phi) is 5.45. The molecule has 1 rings (SSSR count). The third kappa shape index (κ3) is 3.96. The lowest BCUT2D eigenvalue weighted by atomic mass is 10.2. The van der Waals surface area contributed by atoms with Gasteiger partial charge in [-0.3, -0.25) is 0 Å². The molecule has 0 saturated heterocycles. The summed E-state index contributed by atoms with van der Waals surface area (Å²) in [4.78, 5) is 0.264. The average Bonchev–Trinajstić information content (AvgIpc) is 2.70. The van der Waals surface area contributed by atoms with E-state index in [2.05, 4.69) is 16.8 Å². The molecule has 0 unspecified atom stereocenters. The lowest BCUT2D eigenvalue weighted by molar-refractivity contribution is 0.234. The minimum absolute atomic E-state index is 0.264. The fourth-order valence-corrected chi connectivity index (χ4v) is 1.19. The zero-order valence-electron chi connectivity index (χ0n) is 9.10. The van der Waals surface area contributed by atoms with Gasteiger partial charge in [0.1, 0.15) is 0 Å². The van der Waals surface area contributed by atoms with Crippen LogP contribution in [0.2, 0.25) is 0 Å². The van der Waals surface area contributed by atoms with E-state index in [9.17, 15) is 0 Å². The fraction of sp³-hybridized carbons (Fsp3) is 0.273. The van der Waals surface area contributed by atoms with E-state index in [-0.39, 0.29) is 4.84 Å². The van der Waals surface area contributed by atoms with E-state index in [0.717, 1.165) is 12.0 Å². The highest BCUT2D eigenvalue weighted by Crippen LogP contribution is 2.14. The Hall–Kier alpha value is -1.46. The molecule has 0 saturated carbocycles. The normalized spacial score (nSPS) is 12.2. The van der Waals surface area contributed by atoms with E-state index < -0.39 is 0 Å². The van der Waals surface area contributed by atoms with Crippen molar-refractivity contribution in [2.24, 2.45) is 0 Å². The monoisotopic (exact) mass is 238 g/mol. The molecule has 4 nitrogen and oxygen atoms in total.